The molecular formula is C20H24N6O2. The van der Waals surface area contributed by atoms with Crippen LogP contribution in [-0.4, -0.2) is 42.7 Å². The van der Waals surface area contributed by atoms with E-state index in [2.05, 4.69) is 26.3 Å². The molecule has 3 aromatic rings. The zero-order valence-electron chi connectivity index (χ0n) is 15.8. The monoisotopic (exact) mass is 380 g/mol. The Labute approximate surface area is 162 Å². The van der Waals surface area contributed by atoms with Crippen LogP contribution in [0.3, 0.4) is 0 Å². The van der Waals surface area contributed by atoms with Gasteiger partial charge in [0.25, 0.3) is 5.56 Å². The first-order valence-corrected chi connectivity index (χ1v) is 10.0. The van der Waals surface area contributed by atoms with Gasteiger partial charge < -0.3 is 4.52 Å². The molecule has 1 aliphatic heterocycles. The van der Waals surface area contributed by atoms with E-state index in [-0.39, 0.29) is 5.56 Å². The van der Waals surface area contributed by atoms with Gasteiger partial charge in [-0.3, -0.25) is 9.69 Å². The van der Waals surface area contributed by atoms with Gasteiger partial charge in [-0.05, 0) is 56.8 Å². The minimum absolute atomic E-state index is 0.0615. The highest BCUT2D eigenvalue weighted by molar-refractivity contribution is 5.17. The van der Waals surface area contributed by atoms with Gasteiger partial charge in [0.2, 0.25) is 0 Å². The third kappa shape index (κ3) is 3.77. The zero-order chi connectivity index (χ0) is 18.9. The molecule has 0 atom stereocenters. The maximum atomic E-state index is 12.2. The summed E-state index contributed by atoms with van der Waals surface area (Å²) in [6.07, 6.45) is 8.09. The molecule has 28 heavy (non-hydrogen) atoms. The fourth-order valence-electron chi connectivity index (χ4n) is 3.86. The largest absolute Gasteiger partial charge is 0.361 e. The Bertz CT molecular complexity index is 980. The normalized spacial score (nSPS) is 18.6. The number of nitrogens with zero attached hydrogens (tertiary/aromatic N) is 6. The van der Waals surface area contributed by atoms with Crippen LogP contribution in [-0.2, 0) is 13.1 Å². The van der Waals surface area contributed by atoms with Crippen molar-refractivity contribution in [2.75, 3.05) is 13.1 Å². The Kier molecular flexibility index (Phi) is 4.56. The van der Waals surface area contributed by atoms with E-state index in [9.17, 15) is 4.79 Å². The van der Waals surface area contributed by atoms with Gasteiger partial charge in [0.15, 0.2) is 5.82 Å². The Morgan fingerprint density at radius 1 is 1.14 bits per heavy atom. The summed E-state index contributed by atoms with van der Waals surface area (Å²) < 4.78 is 8.71. The molecule has 0 spiro atoms. The van der Waals surface area contributed by atoms with Crippen molar-refractivity contribution < 1.29 is 4.52 Å². The van der Waals surface area contributed by atoms with Gasteiger partial charge in [0.1, 0.15) is 5.76 Å². The van der Waals surface area contributed by atoms with Crippen molar-refractivity contribution in [3.8, 4) is 5.82 Å². The molecule has 4 heterocycles. The Balaban J connectivity index is 1.18. The fraction of sp³-hybridized carbons (Fsp3) is 0.500. The molecule has 0 radical (unpaired) electrons. The van der Waals surface area contributed by atoms with Gasteiger partial charge in [-0.2, -0.15) is 5.10 Å². The van der Waals surface area contributed by atoms with Crippen molar-refractivity contribution in [3.63, 3.8) is 0 Å². The predicted octanol–water partition coefficient (Wildman–Crippen LogP) is 2.21. The molecule has 0 amide bonds. The van der Waals surface area contributed by atoms with E-state index in [4.69, 9.17) is 4.52 Å². The Hall–Kier alpha value is -2.74. The molecule has 8 heteroatoms. The van der Waals surface area contributed by atoms with Crippen LogP contribution in [0.4, 0.5) is 0 Å². The van der Waals surface area contributed by atoms with E-state index in [0.29, 0.717) is 24.2 Å². The van der Waals surface area contributed by atoms with Crippen LogP contribution in [0.25, 0.3) is 5.82 Å². The first kappa shape index (κ1) is 17.4. The SMILES string of the molecule is O=c1ccc(-n2cccn2)nn1CC1CCN(Cc2cc(C3CC3)on2)CC1. The molecule has 8 nitrogen and oxygen atoms in total. The number of likely N-dealkylation sites (tertiary alicyclic amines) is 1. The lowest BCUT2D eigenvalue weighted by Crippen LogP contribution is -2.36. The molecule has 5 rings (SSSR count). The summed E-state index contributed by atoms with van der Waals surface area (Å²) in [4.78, 5) is 14.6. The number of hydrogen-bond donors (Lipinski definition) is 0. The molecule has 2 aliphatic rings. The van der Waals surface area contributed by atoms with Gasteiger partial charge in [-0.15, -0.1) is 5.10 Å². The van der Waals surface area contributed by atoms with Gasteiger partial charge >= 0.3 is 0 Å². The van der Waals surface area contributed by atoms with E-state index in [1.54, 1.807) is 27.7 Å². The van der Waals surface area contributed by atoms with E-state index in [1.807, 2.05) is 12.3 Å². The van der Waals surface area contributed by atoms with Gasteiger partial charge in [0, 0.05) is 43.5 Å². The maximum absolute atomic E-state index is 12.2. The molecule has 146 valence electrons. The molecule has 0 bridgehead atoms. The Morgan fingerprint density at radius 2 is 2.00 bits per heavy atom. The van der Waals surface area contributed by atoms with Crippen LogP contribution < -0.4 is 5.56 Å². The summed E-state index contributed by atoms with van der Waals surface area (Å²) in [5.41, 5.74) is 0.971. The summed E-state index contributed by atoms with van der Waals surface area (Å²) >= 11 is 0. The second kappa shape index (κ2) is 7.35. The van der Waals surface area contributed by atoms with E-state index in [0.717, 1.165) is 43.9 Å². The average Bonchev–Trinajstić information content (AvgIpc) is 3.21. The van der Waals surface area contributed by atoms with Crippen molar-refractivity contribution in [2.45, 2.75) is 44.7 Å². The first-order chi connectivity index (χ1) is 13.7. The smallest absolute Gasteiger partial charge is 0.266 e. The second-order valence-electron chi connectivity index (χ2n) is 7.88. The third-order valence-corrected chi connectivity index (χ3v) is 5.67. The van der Waals surface area contributed by atoms with Crippen LogP contribution in [0.15, 0.2) is 46.0 Å². The van der Waals surface area contributed by atoms with Crippen molar-refractivity contribution in [1.82, 2.24) is 29.6 Å². The molecule has 1 saturated carbocycles. The highest BCUT2D eigenvalue weighted by Crippen LogP contribution is 2.40. The summed E-state index contributed by atoms with van der Waals surface area (Å²) in [5.74, 6) is 2.77. The van der Waals surface area contributed by atoms with Crippen LogP contribution in [0, 0.1) is 5.92 Å². The van der Waals surface area contributed by atoms with Gasteiger partial charge in [-0.1, -0.05) is 5.16 Å². The summed E-state index contributed by atoms with van der Waals surface area (Å²) in [6, 6.07) is 7.24. The molecule has 1 saturated heterocycles. The lowest BCUT2D eigenvalue weighted by Gasteiger charge is -2.31. The van der Waals surface area contributed by atoms with Crippen LogP contribution in [0.2, 0.25) is 0 Å². The molecular weight excluding hydrogens is 356 g/mol. The third-order valence-electron chi connectivity index (χ3n) is 5.67. The minimum Gasteiger partial charge on any atom is -0.361 e. The predicted molar refractivity (Wildman–Crippen MR) is 102 cm³/mol. The summed E-state index contributed by atoms with van der Waals surface area (Å²) in [5, 5.41) is 12.9. The number of rotatable bonds is 6. The van der Waals surface area contributed by atoms with Gasteiger partial charge in [-0.25, -0.2) is 9.36 Å². The maximum Gasteiger partial charge on any atom is 0.266 e. The summed E-state index contributed by atoms with van der Waals surface area (Å²) in [6.45, 7) is 3.50. The number of piperidine rings is 1. The van der Waals surface area contributed by atoms with Crippen molar-refractivity contribution in [1.29, 1.82) is 0 Å². The molecule has 0 N–H and O–H groups in total. The number of aromatic nitrogens is 5. The first-order valence-electron chi connectivity index (χ1n) is 10.0. The average molecular weight is 380 g/mol. The van der Waals surface area contributed by atoms with Crippen molar-refractivity contribution in [2.24, 2.45) is 5.92 Å². The molecule has 2 fully saturated rings. The molecule has 0 unspecified atom stereocenters. The highest BCUT2D eigenvalue weighted by Gasteiger charge is 2.28. The van der Waals surface area contributed by atoms with Crippen LogP contribution >= 0.6 is 0 Å². The quantitative estimate of drug-likeness (QED) is 0.652. The zero-order valence-corrected chi connectivity index (χ0v) is 15.8. The fourth-order valence-corrected chi connectivity index (χ4v) is 3.86. The standard InChI is InChI=1S/C20H24N6O2/c27-20-5-4-19(25-9-1-8-21-25)22-26(20)13-15-6-10-24(11-7-15)14-17-12-18(28-23-17)16-2-3-16/h1,4-5,8-9,12,15-16H,2-3,6-7,10-11,13-14H2. The number of hydrogen-bond acceptors (Lipinski definition) is 6. The lowest BCUT2D eigenvalue weighted by molar-refractivity contribution is 0.160. The van der Waals surface area contributed by atoms with Gasteiger partial charge in [0.05, 0.1) is 5.69 Å². The topological polar surface area (TPSA) is 82.0 Å². The second-order valence-corrected chi connectivity index (χ2v) is 7.88. The minimum atomic E-state index is -0.0615. The van der Waals surface area contributed by atoms with Crippen molar-refractivity contribution in [3.05, 3.63) is 58.5 Å². The van der Waals surface area contributed by atoms with Crippen LogP contribution in [0.1, 0.15) is 43.1 Å². The van der Waals surface area contributed by atoms with E-state index < -0.39 is 0 Å². The molecule has 1 aliphatic carbocycles. The van der Waals surface area contributed by atoms with Crippen molar-refractivity contribution >= 4 is 0 Å². The molecule has 0 aromatic carbocycles. The summed E-state index contributed by atoms with van der Waals surface area (Å²) in [7, 11) is 0. The van der Waals surface area contributed by atoms with E-state index >= 15 is 0 Å². The Morgan fingerprint density at radius 3 is 2.75 bits per heavy atom. The highest BCUT2D eigenvalue weighted by atomic mass is 16.5. The van der Waals surface area contributed by atoms with E-state index in [1.165, 1.54) is 12.8 Å². The molecule has 3 aromatic heterocycles. The lowest BCUT2D eigenvalue weighted by atomic mass is 9.96. The van der Waals surface area contributed by atoms with Crippen LogP contribution in [0.5, 0.6) is 0 Å².